The van der Waals surface area contributed by atoms with Gasteiger partial charge in [-0.25, -0.2) is 0 Å². The Balaban J connectivity index is 2.23. The largest absolute Gasteiger partial charge is 0.508 e. The maximum atomic E-state index is 11.9. The summed E-state index contributed by atoms with van der Waals surface area (Å²) in [5, 5.41) is 12.8. The van der Waals surface area contributed by atoms with E-state index in [1.807, 2.05) is 26.0 Å². The molecule has 0 radical (unpaired) electrons. The van der Waals surface area contributed by atoms with E-state index in [0.29, 0.717) is 5.75 Å². The highest BCUT2D eigenvalue weighted by molar-refractivity contribution is 5.81. The third kappa shape index (κ3) is 2.73. The van der Waals surface area contributed by atoms with Crippen molar-refractivity contribution >= 4 is 5.91 Å². The van der Waals surface area contributed by atoms with Crippen LogP contribution in [0.4, 0.5) is 0 Å². The van der Waals surface area contributed by atoms with Crippen molar-refractivity contribution in [2.75, 3.05) is 13.6 Å². The first-order valence-corrected chi connectivity index (χ1v) is 6.81. The number of rotatable bonds is 3. The standard InChI is InChI=1S/C15H22N2O2/c1-10-6-7-12(14(18)9-10)11(2)17-8-4-5-13(17)15(19)16-3/h6-7,9,11,13,18H,4-5,8H2,1-3H3,(H,16,19). The molecule has 0 aliphatic carbocycles. The van der Waals surface area contributed by atoms with E-state index in [9.17, 15) is 9.90 Å². The molecule has 2 N–H and O–H groups in total. The number of hydrogen-bond acceptors (Lipinski definition) is 3. The average Bonchev–Trinajstić information content (AvgIpc) is 2.86. The number of carbonyl (C=O) groups excluding carboxylic acids is 1. The molecule has 0 bridgehead atoms. The number of phenolic OH excluding ortho intramolecular Hbond substituents is 1. The van der Waals surface area contributed by atoms with Crippen LogP contribution in [0.15, 0.2) is 18.2 Å². The molecule has 1 aromatic carbocycles. The lowest BCUT2D eigenvalue weighted by molar-refractivity contribution is -0.125. The number of aromatic hydroxyl groups is 1. The number of phenols is 1. The van der Waals surface area contributed by atoms with E-state index in [2.05, 4.69) is 10.2 Å². The molecule has 4 nitrogen and oxygen atoms in total. The number of aryl methyl sites for hydroxylation is 1. The number of nitrogens with zero attached hydrogens (tertiary/aromatic N) is 1. The van der Waals surface area contributed by atoms with Crippen LogP contribution >= 0.6 is 0 Å². The molecule has 1 aliphatic rings. The van der Waals surface area contributed by atoms with Crippen molar-refractivity contribution in [3.05, 3.63) is 29.3 Å². The minimum Gasteiger partial charge on any atom is -0.508 e. The number of likely N-dealkylation sites (tertiary alicyclic amines) is 1. The van der Waals surface area contributed by atoms with Gasteiger partial charge in [-0.2, -0.15) is 0 Å². The molecule has 1 fully saturated rings. The zero-order valence-corrected chi connectivity index (χ0v) is 11.8. The third-order valence-corrected chi connectivity index (χ3v) is 3.98. The molecule has 104 valence electrons. The van der Waals surface area contributed by atoms with Crippen LogP contribution in [0.5, 0.6) is 5.75 Å². The second kappa shape index (κ2) is 5.61. The Morgan fingerprint density at radius 1 is 1.53 bits per heavy atom. The lowest BCUT2D eigenvalue weighted by atomic mass is 10.0. The van der Waals surface area contributed by atoms with Crippen LogP contribution in [0.3, 0.4) is 0 Å². The zero-order valence-electron chi connectivity index (χ0n) is 11.8. The van der Waals surface area contributed by atoms with Gasteiger partial charge in [0.15, 0.2) is 0 Å². The molecule has 1 saturated heterocycles. The summed E-state index contributed by atoms with van der Waals surface area (Å²) in [5.74, 6) is 0.381. The second-order valence-electron chi connectivity index (χ2n) is 5.25. The molecule has 1 amide bonds. The monoisotopic (exact) mass is 262 g/mol. The maximum absolute atomic E-state index is 11.9. The zero-order chi connectivity index (χ0) is 14.0. The van der Waals surface area contributed by atoms with E-state index >= 15 is 0 Å². The smallest absolute Gasteiger partial charge is 0.237 e. The summed E-state index contributed by atoms with van der Waals surface area (Å²) < 4.78 is 0. The molecule has 1 aliphatic heterocycles. The summed E-state index contributed by atoms with van der Waals surface area (Å²) in [6.07, 6.45) is 1.91. The fraction of sp³-hybridized carbons (Fsp3) is 0.533. The first kappa shape index (κ1) is 13.9. The van der Waals surface area contributed by atoms with Gasteiger partial charge in [0, 0.05) is 18.7 Å². The highest BCUT2D eigenvalue weighted by Gasteiger charge is 2.34. The molecule has 1 aromatic rings. The van der Waals surface area contributed by atoms with Crippen LogP contribution in [0, 0.1) is 6.92 Å². The highest BCUT2D eigenvalue weighted by atomic mass is 16.3. The lowest BCUT2D eigenvalue weighted by Crippen LogP contribution is -2.42. The Hall–Kier alpha value is -1.55. The van der Waals surface area contributed by atoms with Crippen LogP contribution in [-0.4, -0.2) is 35.5 Å². The topological polar surface area (TPSA) is 52.6 Å². The van der Waals surface area contributed by atoms with Crippen LogP contribution in [0.2, 0.25) is 0 Å². The van der Waals surface area contributed by atoms with Crippen molar-refractivity contribution in [1.82, 2.24) is 10.2 Å². The van der Waals surface area contributed by atoms with Crippen LogP contribution < -0.4 is 5.32 Å². The predicted octanol–water partition coefficient (Wildman–Crippen LogP) is 1.97. The SMILES string of the molecule is CNC(=O)C1CCCN1C(C)c1ccc(C)cc1O. The van der Waals surface area contributed by atoms with Crippen LogP contribution in [0.25, 0.3) is 0 Å². The number of nitrogens with one attached hydrogen (secondary N) is 1. The molecule has 0 saturated carbocycles. The third-order valence-electron chi connectivity index (χ3n) is 3.98. The Morgan fingerprint density at radius 3 is 2.89 bits per heavy atom. The second-order valence-corrected chi connectivity index (χ2v) is 5.25. The molecule has 0 spiro atoms. The summed E-state index contributed by atoms with van der Waals surface area (Å²) in [4.78, 5) is 14.1. The van der Waals surface area contributed by atoms with Crippen LogP contribution in [-0.2, 0) is 4.79 Å². The number of hydrogen-bond donors (Lipinski definition) is 2. The predicted molar refractivity (Wildman–Crippen MR) is 75.1 cm³/mol. The van der Waals surface area contributed by atoms with Gasteiger partial charge in [0.25, 0.3) is 0 Å². The Morgan fingerprint density at radius 2 is 2.26 bits per heavy atom. The van der Waals surface area contributed by atoms with Crippen molar-refractivity contribution < 1.29 is 9.90 Å². The minimum absolute atomic E-state index is 0.0467. The van der Waals surface area contributed by atoms with E-state index in [1.165, 1.54) is 0 Å². The summed E-state index contributed by atoms with van der Waals surface area (Å²) in [7, 11) is 1.67. The molecular weight excluding hydrogens is 240 g/mol. The summed E-state index contributed by atoms with van der Waals surface area (Å²) in [6.45, 7) is 4.90. The van der Waals surface area contributed by atoms with Gasteiger partial charge >= 0.3 is 0 Å². The minimum atomic E-state index is -0.0827. The van der Waals surface area contributed by atoms with Gasteiger partial charge in [0.1, 0.15) is 5.75 Å². The summed E-state index contributed by atoms with van der Waals surface area (Å²) in [6, 6.07) is 5.69. The summed E-state index contributed by atoms with van der Waals surface area (Å²) in [5.41, 5.74) is 1.93. The molecular formula is C15H22N2O2. The first-order valence-electron chi connectivity index (χ1n) is 6.81. The van der Waals surface area contributed by atoms with E-state index in [4.69, 9.17) is 0 Å². The normalized spacial score (nSPS) is 21.3. The van der Waals surface area contributed by atoms with Crippen LogP contribution in [0.1, 0.15) is 36.9 Å². The van der Waals surface area contributed by atoms with Crippen molar-refractivity contribution in [1.29, 1.82) is 0 Å². The molecule has 1 heterocycles. The average molecular weight is 262 g/mol. The molecule has 4 heteroatoms. The maximum Gasteiger partial charge on any atom is 0.237 e. The number of likely N-dealkylation sites (N-methyl/N-ethyl adjacent to an activating group) is 1. The fourth-order valence-corrected chi connectivity index (χ4v) is 2.89. The quantitative estimate of drug-likeness (QED) is 0.875. The number of carbonyl (C=O) groups is 1. The fourth-order valence-electron chi connectivity index (χ4n) is 2.89. The summed E-state index contributed by atoms with van der Waals surface area (Å²) >= 11 is 0. The number of benzene rings is 1. The Bertz CT molecular complexity index is 473. The molecule has 19 heavy (non-hydrogen) atoms. The van der Waals surface area contributed by atoms with Gasteiger partial charge in [-0.05, 0) is 44.9 Å². The van der Waals surface area contributed by atoms with Crippen molar-refractivity contribution in [2.24, 2.45) is 0 Å². The van der Waals surface area contributed by atoms with Crippen molar-refractivity contribution in [2.45, 2.75) is 38.8 Å². The first-order chi connectivity index (χ1) is 9.04. The van der Waals surface area contributed by atoms with Crippen molar-refractivity contribution in [3.63, 3.8) is 0 Å². The van der Waals surface area contributed by atoms with Gasteiger partial charge in [-0.1, -0.05) is 12.1 Å². The Labute approximate surface area is 114 Å². The van der Waals surface area contributed by atoms with Crippen molar-refractivity contribution in [3.8, 4) is 5.75 Å². The van der Waals surface area contributed by atoms with E-state index in [-0.39, 0.29) is 18.0 Å². The molecule has 2 unspecified atom stereocenters. The van der Waals surface area contributed by atoms with Gasteiger partial charge in [-0.15, -0.1) is 0 Å². The van der Waals surface area contributed by atoms with E-state index in [1.54, 1.807) is 13.1 Å². The molecule has 2 rings (SSSR count). The van der Waals surface area contributed by atoms with Gasteiger partial charge in [0.05, 0.1) is 6.04 Å². The van der Waals surface area contributed by atoms with Gasteiger partial charge in [0.2, 0.25) is 5.91 Å². The molecule has 2 atom stereocenters. The lowest BCUT2D eigenvalue weighted by Gasteiger charge is -2.30. The van der Waals surface area contributed by atoms with E-state index in [0.717, 1.165) is 30.5 Å². The highest BCUT2D eigenvalue weighted by Crippen LogP contribution is 2.33. The Kier molecular flexibility index (Phi) is 4.10. The van der Waals surface area contributed by atoms with E-state index < -0.39 is 0 Å². The number of amides is 1. The van der Waals surface area contributed by atoms with Gasteiger partial charge in [-0.3, -0.25) is 9.69 Å². The molecule has 0 aromatic heterocycles. The van der Waals surface area contributed by atoms with Gasteiger partial charge < -0.3 is 10.4 Å².